The van der Waals surface area contributed by atoms with Crippen LogP contribution in [0.1, 0.15) is 32.6 Å². The minimum absolute atomic E-state index is 0.0773. The topological polar surface area (TPSA) is 56.1 Å². The summed E-state index contributed by atoms with van der Waals surface area (Å²) in [4.78, 5) is 13.3. The van der Waals surface area contributed by atoms with Crippen LogP contribution in [0.15, 0.2) is 0 Å². The number of hydrogen-bond donors (Lipinski definition) is 1. The zero-order chi connectivity index (χ0) is 12.0. The fourth-order valence-corrected chi connectivity index (χ4v) is 2.06. The number of hydrogen-bond acceptors (Lipinski definition) is 3. The Hall–Kier alpha value is -1.08. The molecule has 2 unspecified atom stereocenters. The summed E-state index contributed by atoms with van der Waals surface area (Å²) in [7, 11) is 1.80. The van der Waals surface area contributed by atoms with Crippen LogP contribution in [-0.4, -0.2) is 37.0 Å². The van der Waals surface area contributed by atoms with Gasteiger partial charge in [-0.15, -0.1) is 0 Å². The Morgan fingerprint density at radius 1 is 1.50 bits per heavy atom. The van der Waals surface area contributed by atoms with Gasteiger partial charge in [0.25, 0.3) is 0 Å². The van der Waals surface area contributed by atoms with Gasteiger partial charge in [0.2, 0.25) is 5.91 Å². The lowest BCUT2D eigenvalue weighted by Gasteiger charge is -2.28. The molecule has 2 atom stereocenters. The van der Waals surface area contributed by atoms with Crippen LogP contribution < -0.4 is 5.32 Å². The molecule has 1 fully saturated rings. The summed E-state index contributed by atoms with van der Waals surface area (Å²) >= 11 is 0. The maximum Gasteiger partial charge on any atom is 0.236 e. The van der Waals surface area contributed by atoms with Gasteiger partial charge in [0, 0.05) is 19.6 Å². The van der Waals surface area contributed by atoms with Gasteiger partial charge in [-0.05, 0) is 19.8 Å². The molecule has 1 aliphatic carbocycles. The molecule has 1 saturated carbocycles. The third-order valence-corrected chi connectivity index (χ3v) is 3.35. The summed E-state index contributed by atoms with van der Waals surface area (Å²) in [6.45, 7) is 3.04. The molecule has 0 bridgehead atoms. The second-order valence-corrected chi connectivity index (χ2v) is 4.42. The zero-order valence-electron chi connectivity index (χ0n) is 10.2. The molecule has 0 aliphatic heterocycles. The number of nitrogens with zero attached hydrogens (tertiary/aromatic N) is 2. The Balaban J connectivity index is 2.36. The summed E-state index contributed by atoms with van der Waals surface area (Å²) < 4.78 is 0. The van der Waals surface area contributed by atoms with E-state index in [4.69, 9.17) is 5.26 Å². The maximum atomic E-state index is 11.6. The first-order chi connectivity index (χ1) is 7.69. The highest BCUT2D eigenvalue weighted by atomic mass is 16.2. The summed E-state index contributed by atoms with van der Waals surface area (Å²) in [5, 5.41) is 12.2. The van der Waals surface area contributed by atoms with Crippen molar-refractivity contribution in [2.45, 2.75) is 38.6 Å². The quantitative estimate of drug-likeness (QED) is 0.777. The molecule has 90 valence electrons. The first kappa shape index (κ1) is 13.0. The van der Waals surface area contributed by atoms with E-state index in [9.17, 15) is 4.79 Å². The van der Waals surface area contributed by atoms with E-state index in [0.717, 1.165) is 32.2 Å². The lowest BCUT2D eigenvalue weighted by Crippen LogP contribution is -2.44. The third kappa shape index (κ3) is 3.49. The number of rotatable bonds is 4. The van der Waals surface area contributed by atoms with Crippen molar-refractivity contribution in [3.05, 3.63) is 0 Å². The molecular formula is C12H21N3O. The van der Waals surface area contributed by atoms with Crippen LogP contribution in [0.5, 0.6) is 0 Å². The van der Waals surface area contributed by atoms with E-state index in [1.807, 2.05) is 6.92 Å². The van der Waals surface area contributed by atoms with Gasteiger partial charge in [0.1, 0.15) is 0 Å². The molecule has 0 spiro atoms. The minimum Gasteiger partial charge on any atom is -0.345 e. The van der Waals surface area contributed by atoms with Crippen LogP contribution >= 0.6 is 0 Å². The molecule has 0 radical (unpaired) electrons. The summed E-state index contributed by atoms with van der Waals surface area (Å²) in [6, 6.07) is 2.54. The SMILES string of the molecule is CCN(C)C(=O)CNC1CCCCC1C#N. The van der Waals surface area contributed by atoms with Crippen molar-refractivity contribution in [3.8, 4) is 6.07 Å². The van der Waals surface area contributed by atoms with Gasteiger partial charge in [-0.3, -0.25) is 4.79 Å². The van der Waals surface area contributed by atoms with Crippen LogP contribution in [-0.2, 0) is 4.79 Å². The number of likely N-dealkylation sites (N-methyl/N-ethyl adjacent to an activating group) is 1. The molecule has 16 heavy (non-hydrogen) atoms. The highest BCUT2D eigenvalue weighted by Gasteiger charge is 2.25. The van der Waals surface area contributed by atoms with E-state index in [-0.39, 0.29) is 17.9 Å². The third-order valence-electron chi connectivity index (χ3n) is 3.35. The summed E-state index contributed by atoms with van der Waals surface area (Å²) in [5.41, 5.74) is 0. The number of amides is 1. The highest BCUT2D eigenvalue weighted by Crippen LogP contribution is 2.23. The first-order valence-electron chi connectivity index (χ1n) is 6.06. The highest BCUT2D eigenvalue weighted by molar-refractivity contribution is 5.77. The second kappa shape index (κ2) is 6.49. The van der Waals surface area contributed by atoms with Gasteiger partial charge in [0.05, 0.1) is 18.5 Å². The molecule has 0 saturated heterocycles. The van der Waals surface area contributed by atoms with Crippen molar-refractivity contribution in [2.24, 2.45) is 5.92 Å². The molecular weight excluding hydrogens is 202 g/mol. The van der Waals surface area contributed by atoms with Gasteiger partial charge >= 0.3 is 0 Å². The Kier molecular flexibility index (Phi) is 5.27. The number of carbonyl (C=O) groups excluding carboxylic acids is 1. The largest absolute Gasteiger partial charge is 0.345 e. The predicted octanol–water partition coefficient (Wildman–Crippen LogP) is 1.14. The maximum absolute atomic E-state index is 11.6. The molecule has 1 aliphatic rings. The normalized spacial score (nSPS) is 24.8. The molecule has 1 rings (SSSR count). The van der Waals surface area contributed by atoms with E-state index < -0.39 is 0 Å². The van der Waals surface area contributed by atoms with Crippen molar-refractivity contribution >= 4 is 5.91 Å². The molecule has 4 heteroatoms. The fraction of sp³-hybridized carbons (Fsp3) is 0.833. The number of nitriles is 1. The molecule has 0 aromatic carbocycles. The Morgan fingerprint density at radius 3 is 2.81 bits per heavy atom. The molecule has 0 aromatic rings. The van der Waals surface area contributed by atoms with E-state index >= 15 is 0 Å². The predicted molar refractivity (Wildman–Crippen MR) is 62.7 cm³/mol. The van der Waals surface area contributed by atoms with Gasteiger partial charge in [0.15, 0.2) is 0 Å². The van der Waals surface area contributed by atoms with Crippen LogP contribution in [0.25, 0.3) is 0 Å². The van der Waals surface area contributed by atoms with Gasteiger partial charge in [-0.1, -0.05) is 12.8 Å². The van der Waals surface area contributed by atoms with E-state index in [1.165, 1.54) is 0 Å². The van der Waals surface area contributed by atoms with Crippen molar-refractivity contribution in [1.29, 1.82) is 5.26 Å². The Bertz CT molecular complexity index is 272. The van der Waals surface area contributed by atoms with E-state index in [0.29, 0.717) is 6.54 Å². The second-order valence-electron chi connectivity index (χ2n) is 4.42. The van der Waals surface area contributed by atoms with E-state index in [1.54, 1.807) is 11.9 Å². The molecule has 0 aromatic heterocycles. The average Bonchev–Trinajstić information content (AvgIpc) is 2.35. The average molecular weight is 223 g/mol. The summed E-state index contributed by atoms with van der Waals surface area (Å²) in [5.74, 6) is 0.179. The van der Waals surface area contributed by atoms with Crippen LogP contribution in [0.3, 0.4) is 0 Å². The Labute approximate surface area is 97.6 Å². The van der Waals surface area contributed by atoms with Crippen molar-refractivity contribution in [3.63, 3.8) is 0 Å². The van der Waals surface area contributed by atoms with E-state index in [2.05, 4.69) is 11.4 Å². The van der Waals surface area contributed by atoms with Gasteiger partial charge in [-0.2, -0.15) is 5.26 Å². The van der Waals surface area contributed by atoms with Crippen LogP contribution in [0, 0.1) is 17.2 Å². The lowest BCUT2D eigenvalue weighted by molar-refractivity contribution is -0.128. The monoisotopic (exact) mass is 223 g/mol. The van der Waals surface area contributed by atoms with Crippen LogP contribution in [0.4, 0.5) is 0 Å². The smallest absolute Gasteiger partial charge is 0.236 e. The standard InChI is InChI=1S/C12H21N3O/c1-3-15(2)12(16)9-14-11-7-5-4-6-10(11)8-13/h10-11,14H,3-7,9H2,1-2H3. The van der Waals surface area contributed by atoms with Crippen molar-refractivity contribution < 1.29 is 4.79 Å². The molecule has 1 N–H and O–H groups in total. The van der Waals surface area contributed by atoms with Crippen LogP contribution in [0.2, 0.25) is 0 Å². The summed E-state index contributed by atoms with van der Waals surface area (Å²) in [6.07, 6.45) is 4.28. The Morgan fingerprint density at radius 2 is 2.19 bits per heavy atom. The fourth-order valence-electron chi connectivity index (χ4n) is 2.06. The van der Waals surface area contributed by atoms with Gasteiger partial charge < -0.3 is 10.2 Å². The minimum atomic E-state index is 0.0773. The molecule has 0 heterocycles. The first-order valence-corrected chi connectivity index (χ1v) is 6.06. The molecule has 1 amide bonds. The van der Waals surface area contributed by atoms with Gasteiger partial charge in [-0.25, -0.2) is 0 Å². The number of carbonyl (C=O) groups is 1. The zero-order valence-corrected chi connectivity index (χ0v) is 10.2. The number of nitrogens with one attached hydrogen (secondary N) is 1. The lowest BCUT2D eigenvalue weighted by atomic mass is 9.85. The van der Waals surface area contributed by atoms with Crippen molar-refractivity contribution in [2.75, 3.05) is 20.1 Å². The van der Waals surface area contributed by atoms with Crippen molar-refractivity contribution in [1.82, 2.24) is 10.2 Å². The molecule has 4 nitrogen and oxygen atoms in total.